The topological polar surface area (TPSA) is 73.9 Å². The molecule has 0 aliphatic rings. The first-order valence-electron chi connectivity index (χ1n) is 5.01. The lowest BCUT2D eigenvalue weighted by Crippen LogP contribution is -2.09. The molecule has 0 spiro atoms. The molecule has 0 bridgehead atoms. The summed E-state index contributed by atoms with van der Waals surface area (Å²) in [6.07, 6.45) is 3.23. The summed E-state index contributed by atoms with van der Waals surface area (Å²) in [4.78, 5) is 12.3. The highest BCUT2D eigenvalue weighted by Crippen LogP contribution is 2.34. The van der Waals surface area contributed by atoms with Gasteiger partial charge in [0.2, 0.25) is 5.88 Å². The van der Waals surface area contributed by atoms with Gasteiger partial charge in [0.25, 0.3) is 0 Å². The van der Waals surface area contributed by atoms with E-state index in [2.05, 4.69) is 15.0 Å². The Labute approximate surface area is 107 Å². The molecule has 2 aromatic rings. The summed E-state index contributed by atoms with van der Waals surface area (Å²) in [5.41, 5.74) is 6.41. The number of nitrogens with zero attached hydrogens (tertiary/aromatic N) is 3. The average Bonchev–Trinajstić information content (AvgIpc) is 2.76. The molecule has 0 aliphatic carbocycles. The minimum Gasteiger partial charge on any atom is -0.473 e. The largest absolute Gasteiger partial charge is 0.473 e. The number of ether oxygens (including phenoxy) is 1. The van der Waals surface area contributed by atoms with E-state index in [1.165, 1.54) is 18.1 Å². The molecule has 2 N–H and O–H groups in total. The predicted octanol–water partition coefficient (Wildman–Crippen LogP) is 2.45. The third kappa shape index (κ3) is 3.07. The molecule has 0 aliphatic heterocycles. The van der Waals surface area contributed by atoms with E-state index in [9.17, 15) is 0 Å². The Morgan fingerprint density at radius 1 is 1.35 bits per heavy atom. The number of hydrogen-bond acceptors (Lipinski definition) is 7. The summed E-state index contributed by atoms with van der Waals surface area (Å²) in [6, 6.07) is 0. The Morgan fingerprint density at radius 2 is 2.18 bits per heavy atom. The maximum absolute atomic E-state index is 5.95. The highest BCUT2D eigenvalue weighted by Gasteiger charge is 2.12. The summed E-state index contributed by atoms with van der Waals surface area (Å²) in [5.74, 6) is 0.425. The monoisotopic (exact) mass is 268 g/mol. The third-order valence-corrected chi connectivity index (χ3v) is 3.65. The Balaban J connectivity index is 2.23. The second kappa shape index (κ2) is 5.33. The number of anilines is 1. The number of thiazole rings is 1. The Hall–Kier alpha value is -1.34. The zero-order chi connectivity index (χ0) is 12.3. The molecule has 2 rings (SSSR count). The SMILES string of the molecule is CC(C)Oc1ncnc(Sc2nccs2)c1N. The fourth-order valence-electron chi connectivity index (χ4n) is 1.11. The molecule has 5 nitrogen and oxygen atoms in total. The smallest absolute Gasteiger partial charge is 0.241 e. The molecule has 0 saturated carbocycles. The van der Waals surface area contributed by atoms with Crippen LogP contribution in [0.4, 0.5) is 5.69 Å². The molecular formula is C10H12N4OS2. The minimum absolute atomic E-state index is 0.0323. The first-order chi connectivity index (χ1) is 8.16. The third-order valence-electron chi connectivity index (χ3n) is 1.75. The summed E-state index contributed by atoms with van der Waals surface area (Å²) < 4.78 is 6.39. The lowest BCUT2D eigenvalue weighted by atomic mass is 10.4. The van der Waals surface area contributed by atoms with Gasteiger partial charge in [0.15, 0.2) is 4.34 Å². The van der Waals surface area contributed by atoms with Crippen molar-refractivity contribution >= 4 is 28.8 Å². The number of aromatic nitrogens is 3. The molecule has 0 unspecified atom stereocenters. The van der Waals surface area contributed by atoms with Gasteiger partial charge in [-0.2, -0.15) is 4.98 Å². The van der Waals surface area contributed by atoms with Gasteiger partial charge in [0.1, 0.15) is 17.0 Å². The first kappa shape index (κ1) is 12.1. The van der Waals surface area contributed by atoms with Crippen LogP contribution in [0.1, 0.15) is 13.8 Å². The number of rotatable bonds is 4. The Bertz CT molecular complexity index is 487. The van der Waals surface area contributed by atoms with Gasteiger partial charge in [0, 0.05) is 11.6 Å². The van der Waals surface area contributed by atoms with Crippen molar-refractivity contribution in [3.8, 4) is 5.88 Å². The quantitative estimate of drug-likeness (QED) is 0.859. The van der Waals surface area contributed by atoms with Gasteiger partial charge in [-0.25, -0.2) is 9.97 Å². The lowest BCUT2D eigenvalue weighted by molar-refractivity contribution is 0.233. The molecule has 0 fully saturated rings. The summed E-state index contributed by atoms with van der Waals surface area (Å²) in [7, 11) is 0. The van der Waals surface area contributed by atoms with Gasteiger partial charge in [-0.05, 0) is 25.6 Å². The number of nitrogen functional groups attached to an aromatic ring is 1. The molecule has 0 amide bonds. The standard InChI is InChI=1S/C10H12N4OS2/c1-6(2)15-8-7(11)9(14-5-13-8)17-10-12-3-4-16-10/h3-6H,11H2,1-2H3. The lowest BCUT2D eigenvalue weighted by Gasteiger charge is -2.11. The second-order valence-electron chi connectivity index (χ2n) is 3.46. The van der Waals surface area contributed by atoms with E-state index in [0.29, 0.717) is 16.6 Å². The molecule has 0 aromatic carbocycles. The average molecular weight is 268 g/mol. The molecule has 0 saturated heterocycles. The molecule has 0 radical (unpaired) electrons. The van der Waals surface area contributed by atoms with Crippen LogP contribution in [0, 0.1) is 0 Å². The summed E-state index contributed by atoms with van der Waals surface area (Å²) in [5, 5.41) is 2.58. The van der Waals surface area contributed by atoms with Gasteiger partial charge >= 0.3 is 0 Å². The van der Waals surface area contributed by atoms with Gasteiger partial charge in [-0.15, -0.1) is 11.3 Å². The Morgan fingerprint density at radius 3 is 2.82 bits per heavy atom. The zero-order valence-corrected chi connectivity index (χ0v) is 11.1. The van der Waals surface area contributed by atoms with Crippen molar-refractivity contribution in [1.82, 2.24) is 15.0 Å². The van der Waals surface area contributed by atoms with E-state index in [0.717, 1.165) is 4.34 Å². The van der Waals surface area contributed by atoms with E-state index in [4.69, 9.17) is 10.5 Å². The number of nitrogens with two attached hydrogens (primary N) is 1. The Kier molecular flexibility index (Phi) is 3.80. The van der Waals surface area contributed by atoms with E-state index in [-0.39, 0.29) is 6.10 Å². The normalized spacial score (nSPS) is 10.8. The highest BCUT2D eigenvalue weighted by molar-refractivity contribution is 8.01. The van der Waals surface area contributed by atoms with Crippen LogP contribution in [0.25, 0.3) is 0 Å². The van der Waals surface area contributed by atoms with Gasteiger partial charge < -0.3 is 10.5 Å². The first-order valence-corrected chi connectivity index (χ1v) is 6.71. The maximum Gasteiger partial charge on any atom is 0.241 e. The molecule has 0 atom stereocenters. The molecule has 2 aromatic heterocycles. The summed E-state index contributed by atoms with van der Waals surface area (Å²) in [6.45, 7) is 3.85. The van der Waals surface area contributed by atoms with E-state index < -0.39 is 0 Å². The van der Waals surface area contributed by atoms with Crippen LogP contribution < -0.4 is 10.5 Å². The predicted molar refractivity (Wildman–Crippen MR) is 68.4 cm³/mol. The second-order valence-corrected chi connectivity index (χ2v) is 5.59. The molecule has 17 heavy (non-hydrogen) atoms. The number of hydrogen-bond donors (Lipinski definition) is 1. The molecule has 7 heteroatoms. The van der Waals surface area contributed by atoms with E-state index >= 15 is 0 Å². The summed E-state index contributed by atoms with van der Waals surface area (Å²) >= 11 is 2.95. The van der Waals surface area contributed by atoms with Crippen molar-refractivity contribution in [3.05, 3.63) is 17.9 Å². The van der Waals surface area contributed by atoms with Crippen molar-refractivity contribution in [2.75, 3.05) is 5.73 Å². The zero-order valence-electron chi connectivity index (χ0n) is 9.45. The van der Waals surface area contributed by atoms with Crippen molar-refractivity contribution in [2.45, 2.75) is 29.3 Å². The van der Waals surface area contributed by atoms with Crippen LogP contribution in [0.2, 0.25) is 0 Å². The van der Waals surface area contributed by atoms with E-state index in [1.807, 2.05) is 19.2 Å². The fraction of sp³-hybridized carbons (Fsp3) is 0.300. The van der Waals surface area contributed by atoms with Crippen LogP contribution in [-0.4, -0.2) is 21.1 Å². The highest BCUT2D eigenvalue weighted by atomic mass is 32.2. The van der Waals surface area contributed by atoms with Crippen molar-refractivity contribution in [2.24, 2.45) is 0 Å². The van der Waals surface area contributed by atoms with Crippen LogP contribution in [0.15, 0.2) is 27.3 Å². The van der Waals surface area contributed by atoms with Crippen LogP contribution >= 0.6 is 23.1 Å². The fourth-order valence-corrected chi connectivity index (χ4v) is 2.64. The molecule has 90 valence electrons. The van der Waals surface area contributed by atoms with Gasteiger partial charge in [-0.3, -0.25) is 0 Å². The van der Waals surface area contributed by atoms with E-state index in [1.54, 1.807) is 17.5 Å². The van der Waals surface area contributed by atoms with Crippen LogP contribution in [-0.2, 0) is 0 Å². The molecule has 2 heterocycles. The van der Waals surface area contributed by atoms with Crippen LogP contribution in [0.5, 0.6) is 5.88 Å². The maximum atomic E-state index is 5.95. The molecular weight excluding hydrogens is 256 g/mol. The van der Waals surface area contributed by atoms with Crippen molar-refractivity contribution in [1.29, 1.82) is 0 Å². The van der Waals surface area contributed by atoms with Gasteiger partial charge in [-0.1, -0.05) is 0 Å². The van der Waals surface area contributed by atoms with Gasteiger partial charge in [0.05, 0.1) is 6.10 Å². The van der Waals surface area contributed by atoms with Crippen molar-refractivity contribution in [3.63, 3.8) is 0 Å². The van der Waals surface area contributed by atoms with Crippen molar-refractivity contribution < 1.29 is 4.74 Å². The van der Waals surface area contributed by atoms with Crippen LogP contribution in [0.3, 0.4) is 0 Å². The minimum atomic E-state index is 0.0323.